The van der Waals surface area contributed by atoms with Gasteiger partial charge in [-0.1, -0.05) is 48.9 Å². The smallest absolute Gasteiger partial charge is 0.326 e. The van der Waals surface area contributed by atoms with E-state index in [0.717, 1.165) is 35.6 Å². The highest BCUT2D eigenvalue weighted by Gasteiger charge is 2.49. The molecule has 2 aromatic carbocycles. The van der Waals surface area contributed by atoms with Gasteiger partial charge in [-0.3, -0.25) is 4.79 Å². The number of benzene rings is 2. The highest BCUT2D eigenvalue weighted by Crippen LogP contribution is 2.42. The molecule has 2 aliphatic rings. The van der Waals surface area contributed by atoms with Crippen LogP contribution < -0.4 is 0 Å². The van der Waals surface area contributed by atoms with E-state index >= 15 is 0 Å². The van der Waals surface area contributed by atoms with E-state index in [1.54, 1.807) is 4.90 Å². The van der Waals surface area contributed by atoms with Gasteiger partial charge < -0.3 is 10.0 Å². The van der Waals surface area contributed by atoms with Crippen LogP contribution in [0.3, 0.4) is 0 Å². The summed E-state index contributed by atoms with van der Waals surface area (Å²) in [4.78, 5) is 26.2. The summed E-state index contributed by atoms with van der Waals surface area (Å²) in [5, 5.41) is 11.8. The lowest BCUT2D eigenvalue weighted by Crippen LogP contribution is -2.43. The van der Waals surface area contributed by atoms with Crippen LogP contribution >= 0.6 is 0 Å². The van der Waals surface area contributed by atoms with E-state index in [0.29, 0.717) is 12.5 Å². The van der Waals surface area contributed by atoms with Crippen LogP contribution in [0.5, 0.6) is 0 Å². The van der Waals surface area contributed by atoms with Crippen LogP contribution in [0.4, 0.5) is 0 Å². The van der Waals surface area contributed by atoms with Crippen LogP contribution in [-0.4, -0.2) is 34.5 Å². The predicted molar refractivity (Wildman–Crippen MR) is 91.6 cm³/mol. The molecular formula is C20H21NO3. The summed E-state index contributed by atoms with van der Waals surface area (Å²) >= 11 is 0. The minimum absolute atomic E-state index is 0.0619. The van der Waals surface area contributed by atoms with Crippen molar-refractivity contribution in [3.05, 3.63) is 48.0 Å². The Morgan fingerprint density at radius 1 is 1.08 bits per heavy atom. The number of amides is 1. The first-order valence-electron chi connectivity index (χ1n) is 8.64. The number of likely N-dealkylation sites (tertiary alicyclic amines) is 1. The van der Waals surface area contributed by atoms with E-state index in [1.165, 1.54) is 0 Å². The molecule has 1 aliphatic carbocycles. The molecule has 1 N–H and O–H groups in total. The predicted octanol–water partition coefficient (Wildman–Crippen LogP) is 3.09. The topological polar surface area (TPSA) is 57.6 Å². The second-order valence-electron chi connectivity index (χ2n) is 7.00. The summed E-state index contributed by atoms with van der Waals surface area (Å²) in [5.41, 5.74) is 0.972. The molecule has 4 rings (SSSR count). The van der Waals surface area contributed by atoms with Crippen LogP contribution in [0.15, 0.2) is 42.5 Å². The van der Waals surface area contributed by atoms with Crippen molar-refractivity contribution in [1.29, 1.82) is 0 Å². The lowest BCUT2D eigenvalue weighted by molar-refractivity contribution is -0.149. The van der Waals surface area contributed by atoms with Gasteiger partial charge in [-0.25, -0.2) is 4.79 Å². The molecule has 2 aromatic rings. The van der Waals surface area contributed by atoms with E-state index in [9.17, 15) is 14.7 Å². The molecular weight excluding hydrogens is 302 g/mol. The lowest BCUT2D eigenvalue weighted by Gasteiger charge is -2.24. The van der Waals surface area contributed by atoms with Crippen molar-refractivity contribution >= 4 is 22.6 Å². The number of fused-ring (bicyclic) bond motifs is 2. The fraction of sp³-hybridized carbons (Fsp3) is 0.400. The van der Waals surface area contributed by atoms with Gasteiger partial charge in [0.1, 0.15) is 6.04 Å². The van der Waals surface area contributed by atoms with Crippen LogP contribution in [0.25, 0.3) is 10.8 Å². The Labute approximate surface area is 141 Å². The summed E-state index contributed by atoms with van der Waals surface area (Å²) in [6.45, 7) is 0.602. The first-order valence-corrected chi connectivity index (χ1v) is 8.64. The van der Waals surface area contributed by atoms with E-state index in [-0.39, 0.29) is 18.2 Å². The van der Waals surface area contributed by atoms with Crippen molar-refractivity contribution in [3.8, 4) is 0 Å². The Morgan fingerprint density at radius 3 is 2.71 bits per heavy atom. The van der Waals surface area contributed by atoms with E-state index in [1.807, 2.05) is 42.5 Å². The van der Waals surface area contributed by atoms with Gasteiger partial charge in [0, 0.05) is 6.54 Å². The first-order chi connectivity index (χ1) is 11.6. The molecule has 24 heavy (non-hydrogen) atoms. The van der Waals surface area contributed by atoms with Crippen molar-refractivity contribution in [2.45, 2.75) is 31.7 Å². The zero-order valence-electron chi connectivity index (χ0n) is 13.5. The molecule has 3 unspecified atom stereocenters. The molecule has 2 fully saturated rings. The zero-order valence-corrected chi connectivity index (χ0v) is 13.5. The molecule has 4 heteroatoms. The molecule has 1 saturated heterocycles. The minimum atomic E-state index is -0.851. The lowest BCUT2D eigenvalue weighted by atomic mass is 9.94. The van der Waals surface area contributed by atoms with Crippen molar-refractivity contribution < 1.29 is 14.7 Å². The summed E-state index contributed by atoms with van der Waals surface area (Å²) < 4.78 is 0. The normalized spacial score (nSPS) is 25.8. The van der Waals surface area contributed by atoms with Gasteiger partial charge in [-0.2, -0.15) is 0 Å². The maximum absolute atomic E-state index is 12.9. The second kappa shape index (κ2) is 5.93. The third-order valence-electron chi connectivity index (χ3n) is 5.69. The zero-order chi connectivity index (χ0) is 16.7. The maximum Gasteiger partial charge on any atom is 0.326 e. The Balaban J connectivity index is 1.60. The minimum Gasteiger partial charge on any atom is -0.480 e. The van der Waals surface area contributed by atoms with Crippen LogP contribution in [0.1, 0.15) is 24.8 Å². The second-order valence-corrected chi connectivity index (χ2v) is 7.00. The van der Waals surface area contributed by atoms with Crippen molar-refractivity contribution in [2.75, 3.05) is 6.54 Å². The summed E-state index contributed by atoms with van der Waals surface area (Å²) in [6.07, 6.45) is 3.33. The van der Waals surface area contributed by atoms with Gasteiger partial charge in [0.2, 0.25) is 5.91 Å². The fourth-order valence-corrected chi connectivity index (χ4v) is 4.59. The molecule has 1 aliphatic heterocycles. The molecule has 0 bridgehead atoms. The van der Waals surface area contributed by atoms with Crippen LogP contribution in [-0.2, 0) is 16.0 Å². The van der Waals surface area contributed by atoms with E-state index < -0.39 is 12.0 Å². The van der Waals surface area contributed by atoms with E-state index in [4.69, 9.17) is 0 Å². The number of carboxylic acid groups (broad SMARTS) is 1. The third kappa shape index (κ3) is 2.46. The number of carbonyl (C=O) groups excluding carboxylic acids is 1. The van der Waals surface area contributed by atoms with E-state index in [2.05, 4.69) is 0 Å². The number of rotatable bonds is 3. The van der Waals surface area contributed by atoms with Gasteiger partial charge in [0.25, 0.3) is 0 Å². The first kappa shape index (κ1) is 15.2. The third-order valence-corrected chi connectivity index (χ3v) is 5.69. The number of hydrogen-bond acceptors (Lipinski definition) is 2. The molecule has 1 heterocycles. The average Bonchev–Trinajstić information content (AvgIpc) is 3.15. The Hall–Kier alpha value is -2.36. The highest BCUT2D eigenvalue weighted by molar-refractivity contribution is 5.92. The largest absolute Gasteiger partial charge is 0.480 e. The number of hydrogen-bond donors (Lipinski definition) is 1. The molecule has 0 aromatic heterocycles. The van der Waals surface area contributed by atoms with Crippen molar-refractivity contribution in [1.82, 2.24) is 4.90 Å². The van der Waals surface area contributed by atoms with Gasteiger partial charge >= 0.3 is 5.97 Å². The van der Waals surface area contributed by atoms with Gasteiger partial charge in [0.05, 0.1) is 6.42 Å². The summed E-state index contributed by atoms with van der Waals surface area (Å²) in [6, 6.07) is 13.3. The molecule has 124 valence electrons. The molecule has 0 radical (unpaired) electrons. The Kier molecular flexibility index (Phi) is 3.75. The Bertz CT molecular complexity index is 795. The quantitative estimate of drug-likeness (QED) is 0.944. The average molecular weight is 323 g/mol. The van der Waals surface area contributed by atoms with Crippen LogP contribution in [0.2, 0.25) is 0 Å². The maximum atomic E-state index is 12.9. The summed E-state index contributed by atoms with van der Waals surface area (Å²) in [5.74, 6) is -0.412. The monoisotopic (exact) mass is 323 g/mol. The van der Waals surface area contributed by atoms with Gasteiger partial charge in [-0.05, 0) is 41.0 Å². The molecule has 0 spiro atoms. The van der Waals surface area contributed by atoms with Crippen LogP contribution in [0, 0.1) is 11.8 Å². The molecule has 4 nitrogen and oxygen atoms in total. The number of carbonyl (C=O) groups is 2. The van der Waals surface area contributed by atoms with Crippen molar-refractivity contribution in [2.24, 2.45) is 11.8 Å². The van der Waals surface area contributed by atoms with Crippen molar-refractivity contribution in [3.63, 3.8) is 0 Å². The number of nitrogens with zero attached hydrogens (tertiary/aromatic N) is 1. The molecule has 1 saturated carbocycles. The highest BCUT2D eigenvalue weighted by atomic mass is 16.4. The molecule has 3 atom stereocenters. The Morgan fingerprint density at radius 2 is 1.88 bits per heavy atom. The number of aliphatic carboxylic acids is 1. The fourth-order valence-electron chi connectivity index (χ4n) is 4.59. The molecule has 1 amide bonds. The standard InChI is InChI=1S/C20H21NO3/c22-18(11-14-7-3-6-13-5-1-2-9-16(13)14)21-12-15-8-4-10-17(15)19(21)20(23)24/h1-3,5-7,9,15,17,19H,4,8,10-12H2,(H,23,24). The summed E-state index contributed by atoms with van der Waals surface area (Å²) in [7, 11) is 0. The SMILES string of the molecule is O=C(O)C1C2CCCC2CN1C(=O)Cc1cccc2ccccc12. The number of carboxylic acids is 1. The van der Waals surface area contributed by atoms with Gasteiger partial charge in [-0.15, -0.1) is 0 Å². The van der Waals surface area contributed by atoms with Gasteiger partial charge in [0.15, 0.2) is 0 Å².